The van der Waals surface area contributed by atoms with Crippen LogP contribution in [0.25, 0.3) is 0 Å². The molecule has 0 bridgehead atoms. The van der Waals surface area contributed by atoms with Crippen LogP contribution in [-0.2, 0) is 9.53 Å². The molecule has 0 aromatic rings. The molecule has 3 nitrogen and oxygen atoms in total. The van der Waals surface area contributed by atoms with Crippen LogP contribution in [0.1, 0.15) is 32.6 Å². The Kier molecular flexibility index (Phi) is 6.03. The highest BCUT2D eigenvalue weighted by Gasteiger charge is 2.21. The predicted octanol–water partition coefficient (Wildman–Crippen LogP) is 1.94. The monoisotopic (exact) mass is 233 g/mol. The van der Waals surface area contributed by atoms with E-state index < -0.39 is 0 Å². The summed E-state index contributed by atoms with van der Waals surface area (Å²) in [6.45, 7) is 3.40. The van der Waals surface area contributed by atoms with Crippen LogP contribution in [0, 0.1) is 5.92 Å². The topological polar surface area (TPSA) is 38.3 Å². The normalized spacial score (nSPS) is 26.3. The van der Waals surface area contributed by atoms with Gasteiger partial charge in [-0.25, -0.2) is 0 Å². The molecule has 1 fully saturated rings. The van der Waals surface area contributed by atoms with E-state index in [0.29, 0.717) is 25.2 Å². The van der Waals surface area contributed by atoms with Crippen molar-refractivity contribution in [3.05, 3.63) is 0 Å². The van der Waals surface area contributed by atoms with Crippen molar-refractivity contribution in [3.8, 4) is 0 Å². The second-order valence-electron chi connectivity index (χ2n) is 4.15. The molecule has 1 rings (SSSR count). The molecule has 15 heavy (non-hydrogen) atoms. The van der Waals surface area contributed by atoms with Gasteiger partial charge in [-0.15, -0.1) is 11.6 Å². The lowest BCUT2D eigenvalue weighted by Gasteiger charge is -2.28. The summed E-state index contributed by atoms with van der Waals surface area (Å²) in [5.74, 6) is 0.555. The third kappa shape index (κ3) is 4.85. The first-order chi connectivity index (χ1) is 7.24. The summed E-state index contributed by atoms with van der Waals surface area (Å²) >= 11 is 5.35. The fourth-order valence-electron chi connectivity index (χ4n) is 1.98. The molecule has 0 spiro atoms. The van der Waals surface area contributed by atoms with Crippen molar-refractivity contribution < 1.29 is 9.53 Å². The summed E-state index contributed by atoms with van der Waals surface area (Å²) in [6.07, 6.45) is 5.39. The van der Waals surface area contributed by atoms with Gasteiger partial charge in [0.2, 0.25) is 5.91 Å². The Morgan fingerprint density at radius 3 is 2.87 bits per heavy atom. The zero-order valence-electron chi connectivity index (χ0n) is 9.30. The Morgan fingerprint density at radius 1 is 1.47 bits per heavy atom. The standard InChI is InChI=1S/C11H20ClNO2/c1-9-4-2-3-5-10(9)15-7-6-13-11(14)8-12/h9-10H,2-8H2,1H3,(H,13,14)/t9-,10-/m0/s1. The molecule has 1 aliphatic carbocycles. The van der Waals surface area contributed by atoms with Crippen molar-refractivity contribution in [1.29, 1.82) is 0 Å². The zero-order chi connectivity index (χ0) is 11.1. The quantitative estimate of drug-likeness (QED) is 0.582. The molecular formula is C11H20ClNO2. The van der Waals surface area contributed by atoms with E-state index in [9.17, 15) is 4.79 Å². The van der Waals surface area contributed by atoms with Gasteiger partial charge < -0.3 is 10.1 Å². The van der Waals surface area contributed by atoms with E-state index in [1.807, 2.05) is 0 Å². The van der Waals surface area contributed by atoms with Crippen LogP contribution in [0.5, 0.6) is 0 Å². The summed E-state index contributed by atoms with van der Waals surface area (Å²) in [6, 6.07) is 0. The molecule has 1 amide bonds. The third-order valence-corrected chi connectivity index (χ3v) is 3.15. The molecule has 1 saturated carbocycles. The van der Waals surface area contributed by atoms with E-state index in [2.05, 4.69) is 12.2 Å². The van der Waals surface area contributed by atoms with Crippen LogP contribution < -0.4 is 5.32 Å². The molecule has 1 N–H and O–H groups in total. The van der Waals surface area contributed by atoms with Gasteiger partial charge in [-0.1, -0.05) is 19.8 Å². The molecule has 0 aromatic heterocycles. The first kappa shape index (κ1) is 12.8. The molecule has 0 saturated heterocycles. The SMILES string of the molecule is C[C@H]1CCCC[C@@H]1OCCNC(=O)CCl. The summed E-state index contributed by atoms with van der Waals surface area (Å²) in [7, 11) is 0. The van der Waals surface area contributed by atoms with Crippen molar-refractivity contribution in [2.24, 2.45) is 5.92 Å². The van der Waals surface area contributed by atoms with Gasteiger partial charge in [0.1, 0.15) is 5.88 Å². The minimum absolute atomic E-state index is 0.0276. The Morgan fingerprint density at radius 2 is 2.20 bits per heavy atom. The van der Waals surface area contributed by atoms with E-state index in [0.717, 1.165) is 6.42 Å². The van der Waals surface area contributed by atoms with Crippen LogP contribution in [0.15, 0.2) is 0 Å². The predicted molar refractivity (Wildman–Crippen MR) is 61.1 cm³/mol. The molecule has 2 atom stereocenters. The minimum atomic E-state index is -0.128. The lowest BCUT2D eigenvalue weighted by molar-refractivity contribution is -0.119. The summed E-state index contributed by atoms with van der Waals surface area (Å²) in [5.41, 5.74) is 0. The van der Waals surface area contributed by atoms with E-state index in [1.165, 1.54) is 19.3 Å². The molecule has 0 aromatic carbocycles. The number of carbonyl (C=O) groups is 1. The number of hydrogen-bond acceptors (Lipinski definition) is 2. The number of amides is 1. The van der Waals surface area contributed by atoms with Gasteiger partial charge in [-0.05, 0) is 18.8 Å². The van der Waals surface area contributed by atoms with E-state index in [1.54, 1.807) is 0 Å². The van der Waals surface area contributed by atoms with Crippen molar-refractivity contribution >= 4 is 17.5 Å². The highest BCUT2D eigenvalue weighted by atomic mass is 35.5. The van der Waals surface area contributed by atoms with Crippen molar-refractivity contribution in [2.75, 3.05) is 19.0 Å². The van der Waals surface area contributed by atoms with Gasteiger partial charge in [0, 0.05) is 6.54 Å². The average molecular weight is 234 g/mol. The smallest absolute Gasteiger partial charge is 0.235 e. The maximum atomic E-state index is 10.8. The Hall–Kier alpha value is -0.280. The van der Waals surface area contributed by atoms with Crippen LogP contribution in [0.4, 0.5) is 0 Å². The number of carbonyl (C=O) groups excluding carboxylic acids is 1. The molecule has 88 valence electrons. The molecular weight excluding hydrogens is 214 g/mol. The summed E-state index contributed by atoms with van der Waals surface area (Å²) < 4.78 is 5.73. The van der Waals surface area contributed by atoms with Gasteiger partial charge in [0.15, 0.2) is 0 Å². The molecule has 4 heteroatoms. The second kappa shape index (κ2) is 7.07. The highest BCUT2D eigenvalue weighted by molar-refractivity contribution is 6.27. The fourth-order valence-corrected chi connectivity index (χ4v) is 2.07. The number of alkyl halides is 1. The van der Waals surface area contributed by atoms with Gasteiger partial charge in [0.05, 0.1) is 12.7 Å². The number of nitrogens with one attached hydrogen (secondary N) is 1. The van der Waals surface area contributed by atoms with Gasteiger partial charge in [-0.3, -0.25) is 4.79 Å². The molecule has 0 heterocycles. The maximum absolute atomic E-state index is 10.8. The van der Waals surface area contributed by atoms with Crippen LogP contribution in [0.3, 0.4) is 0 Å². The molecule has 0 aliphatic heterocycles. The van der Waals surface area contributed by atoms with Gasteiger partial charge in [0.25, 0.3) is 0 Å². The van der Waals surface area contributed by atoms with Crippen molar-refractivity contribution in [1.82, 2.24) is 5.32 Å². The second-order valence-corrected chi connectivity index (χ2v) is 4.42. The fraction of sp³-hybridized carbons (Fsp3) is 0.909. The van der Waals surface area contributed by atoms with E-state index in [-0.39, 0.29) is 11.8 Å². The van der Waals surface area contributed by atoms with Gasteiger partial charge in [-0.2, -0.15) is 0 Å². The Balaban J connectivity index is 2.06. The van der Waals surface area contributed by atoms with Gasteiger partial charge >= 0.3 is 0 Å². The molecule has 0 unspecified atom stereocenters. The van der Waals surface area contributed by atoms with Crippen molar-refractivity contribution in [3.63, 3.8) is 0 Å². The maximum Gasteiger partial charge on any atom is 0.235 e. The first-order valence-electron chi connectivity index (χ1n) is 5.68. The van der Waals surface area contributed by atoms with E-state index in [4.69, 9.17) is 16.3 Å². The lowest BCUT2D eigenvalue weighted by atomic mass is 9.88. The van der Waals surface area contributed by atoms with Crippen molar-refractivity contribution in [2.45, 2.75) is 38.7 Å². The average Bonchev–Trinajstić information content (AvgIpc) is 2.26. The van der Waals surface area contributed by atoms with Crippen LogP contribution >= 0.6 is 11.6 Å². The first-order valence-corrected chi connectivity index (χ1v) is 6.21. The van der Waals surface area contributed by atoms with Crippen LogP contribution in [-0.4, -0.2) is 31.0 Å². The van der Waals surface area contributed by atoms with Crippen LogP contribution in [0.2, 0.25) is 0 Å². The number of rotatable bonds is 5. The Labute approximate surface area is 96.5 Å². The van der Waals surface area contributed by atoms with E-state index >= 15 is 0 Å². The molecule has 0 radical (unpaired) electrons. The Bertz CT molecular complexity index is 199. The minimum Gasteiger partial charge on any atom is -0.376 e. The number of halogens is 1. The third-order valence-electron chi connectivity index (χ3n) is 2.91. The highest BCUT2D eigenvalue weighted by Crippen LogP contribution is 2.25. The zero-order valence-corrected chi connectivity index (χ0v) is 10.1. The molecule has 1 aliphatic rings. The summed E-state index contributed by atoms with van der Waals surface area (Å²) in [4.78, 5) is 10.8. The summed E-state index contributed by atoms with van der Waals surface area (Å²) in [5, 5.41) is 2.69. The number of hydrogen-bond donors (Lipinski definition) is 1. The number of ether oxygens (including phenoxy) is 1. The lowest BCUT2D eigenvalue weighted by Crippen LogP contribution is -2.32. The largest absolute Gasteiger partial charge is 0.376 e.